The number of fused-ring (bicyclic) bond motifs is 5. The summed E-state index contributed by atoms with van der Waals surface area (Å²) in [6.07, 6.45) is 29.4. The van der Waals surface area contributed by atoms with Crippen LogP contribution in [-0.4, -0.2) is 29.1 Å². The molecular weight excluding hydrogens is 508 g/mol. The first-order valence-corrected chi connectivity index (χ1v) is 17.6. The van der Waals surface area contributed by atoms with Crippen molar-refractivity contribution in [2.45, 2.75) is 168 Å². The van der Waals surface area contributed by atoms with Gasteiger partial charge in [-0.3, -0.25) is 9.59 Å². The van der Waals surface area contributed by atoms with Gasteiger partial charge in [-0.1, -0.05) is 95.9 Å². The lowest BCUT2D eigenvalue weighted by atomic mass is 9.47. The van der Waals surface area contributed by atoms with Crippen molar-refractivity contribution >= 4 is 11.8 Å². The van der Waals surface area contributed by atoms with Gasteiger partial charge in [0.15, 0.2) is 0 Å². The SMILES string of the molecule is CCCCCCCCCCC/C=C/CCCCC(=O)O[C@H]1CC[C@@]2(C)C(=C[C@@H](O)C3C2CC[C@]2(C)C(=O)CCC32)C1. The van der Waals surface area contributed by atoms with E-state index in [1.54, 1.807) is 0 Å². The number of ether oxygens (including phenoxy) is 1. The molecule has 3 unspecified atom stereocenters. The van der Waals surface area contributed by atoms with Gasteiger partial charge in [-0.25, -0.2) is 0 Å². The van der Waals surface area contributed by atoms with E-state index < -0.39 is 6.10 Å². The maximum absolute atomic E-state index is 12.7. The number of carbonyl (C=O) groups is 2. The number of rotatable bonds is 16. The zero-order chi connectivity index (χ0) is 29.3. The van der Waals surface area contributed by atoms with E-state index in [1.165, 1.54) is 69.8 Å². The molecule has 4 rings (SSSR count). The van der Waals surface area contributed by atoms with Crippen LogP contribution in [0.3, 0.4) is 0 Å². The van der Waals surface area contributed by atoms with Gasteiger partial charge >= 0.3 is 5.97 Å². The largest absolute Gasteiger partial charge is 0.462 e. The normalized spacial score (nSPS) is 34.7. The van der Waals surface area contributed by atoms with Crippen LogP contribution in [0.2, 0.25) is 0 Å². The fourth-order valence-electron chi connectivity index (χ4n) is 9.07. The number of Topliss-reactive ketones (excluding diaryl/α,β-unsaturated/α-hetero) is 1. The smallest absolute Gasteiger partial charge is 0.306 e. The molecule has 4 nitrogen and oxygen atoms in total. The van der Waals surface area contributed by atoms with Crippen molar-refractivity contribution in [1.29, 1.82) is 0 Å². The minimum atomic E-state index is -0.485. The molecule has 41 heavy (non-hydrogen) atoms. The van der Waals surface area contributed by atoms with Crippen molar-refractivity contribution in [3.63, 3.8) is 0 Å². The Morgan fingerprint density at radius 3 is 2.20 bits per heavy atom. The first-order chi connectivity index (χ1) is 19.8. The van der Waals surface area contributed by atoms with E-state index in [4.69, 9.17) is 4.74 Å². The van der Waals surface area contributed by atoms with Crippen LogP contribution in [0.15, 0.2) is 23.8 Å². The molecule has 0 aromatic carbocycles. The molecule has 3 saturated carbocycles. The first-order valence-electron chi connectivity index (χ1n) is 17.6. The fourth-order valence-corrected chi connectivity index (χ4v) is 9.07. The van der Waals surface area contributed by atoms with Crippen LogP contribution < -0.4 is 0 Å². The third kappa shape index (κ3) is 7.95. The summed E-state index contributed by atoms with van der Waals surface area (Å²) < 4.78 is 5.95. The Hall–Kier alpha value is -1.42. The minimum absolute atomic E-state index is 0.0559. The van der Waals surface area contributed by atoms with Gasteiger partial charge in [0.1, 0.15) is 11.9 Å². The zero-order valence-corrected chi connectivity index (χ0v) is 26.6. The number of hydrogen-bond donors (Lipinski definition) is 1. The van der Waals surface area contributed by atoms with Gasteiger partial charge in [0, 0.05) is 24.7 Å². The Bertz CT molecular complexity index is 920. The summed E-state index contributed by atoms with van der Waals surface area (Å²) in [7, 11) is 0. The number of allylic oxidation sites excluding steroid dienone is 2. The van der Waals surface area contributed by atoms with Crippen molar-refractivity contribution in [1.82, 2.24) is 0 Å². The Morgan fingerprint density at radius 1 is 0.878 bits per heavy atom. The van der Waals surface area contributed by atoms with Crippen LogP contribution in [0, 0.1) is 28.6 Å². The molecule has 4 aliphatic carbocycles. The Labute approximate surface area is 251 Å². The molecule has 4 heteroatoms. The molecular formula is C37H60O4. The average molecular weight is 569 g/mol. The van der Waals surface area contributed by atoms with E-state index in [0.717, 1.165) is 57.8 Å². The number of aliphatic hydroxyl groups excluding tert-OH is 1. The third-order valence-electron chi connectivity index (χ3n) is 11.7. The second kappa shape index (κ2) is 15.3. The van der Waals surface area contributed by atoms with Crippen LogP contribution in [0.1, 0.15) is 156 Å². The second-order valence-corrected chi connectivity index (χ2v) is 14.5. The summed E-state index contributed by atoms with van der Waals surface area (Å²) in [4.78, 5) is 25.3. The van der Waals surface area contributed by atoms with E-state index in [9.17, 15) is 14.7 Å². The summed E-state index contributed by atoms with van der Waals surface area (Å²) in [5.74, 6) is 1.26. The lowest BCUT2D eigenvalue weighted by Crippen LogP contribution is -2.54. The predicted octanol–water partition coefficient (Wildman–Crippen LogP) is 9.44. The molecule has 0 amide bonds. The highest BCUT2D eigenvalue weighted by molar-refractivity contribution is 5.87. The van der Waals surface area contributed by atoms with E-state index in [-0.39, 0.29) is 28.8 Å². The van der Waals surface area contributed by atoms with Gasteiger partial charge in [-0.05, 0) is 87.4 Å². The Balaban J connectivity index is 1.10. The third-order valence-corrected chi connectivity index (χ3v) is 11.7. The Kier molecular flexibility index (Phi) is 12.2. The number of carbonyl (C=O) groups excluding carboxylic acids is 2. The maximum atomic E-state index is 12.7. The number of esters is 1. The highest BCUT2D eigenvalue weighted by Gasteiger charge is 2.60. The molecule has 3 fully saturated rings. The van der Waals surface area contributed by atoms with Gasteiger partial charge in [0.25, 0.3) is 0 Å². The highest BCUT2D eigenvalue weighted by Crippen LogP contribution is 2.64. The van der Waals surface area contributed by atoms with E-state index >= 15 is 0 Å². The van der Waals surface area contributed by atoms with Gasteiger partial charge < -0.3 is 9.84 Å². The van der Waals surface area contributed by atoms with Crippen molar-refractivity contribution in [2.24, 2.45) is 28.6 Å². The fraction of sp³-hybridized carbons (Fsp3) is 0.838. The zero-order valence-electron chi connectivity index (χ0n) is 26.6. The lowest BCUT2D eigenvalue weighted by Gasteiger charge is -2.58. The van der Waals surface area contributed by atoms with Gasteiger partial charge in [-0.15, -0.1) is 0 Å². The topological polar surface area (TPSA) is 63.6 Å². The van der Waals surface area contributed by atoms with Crippen molar-refractivity contribution in [3.8, 4) is 0 Å². The van der Waals surface area contributed by atoms with Crippen molar-refractivity contribution in [2.75, 3.05) is 0 Å². The molecule has 0 bridgehead atoms. The summed E-state index contributed by atoms with van der Waals surface area (Å²) >= 11 is 0. The van der Waals surface area contributed by atoms with Crippen molar-refractivity contribution in [3.05, 3.63) is 23.8 Å². The molecule has 0 aromatic heterocycles. The van der Waals surface area contributed by atoms with Crippen LogP contribution in [0.4, 0.5) is 0 Å². The molecule has 4 aliphatic rings. The van der Waals surface area contributed by atoms with Crippen LogP contribution in [0.5, 0.6) is 0 Å². The molecule has 0 spiro atoms. The Morgan fingerprint density at radius 2 is 1.49 bits per heavy atom. The average Bonchev–Trinajstić information content (AvgIpc) is 3.25. The quantitative estimate of drug-likeness (QED) is 0.114. The number of hydrogen-bond acceptors (Lipinski definition) is 4. The van der Waals surface area contributed by atoms with Gasteiger partial charge in [0.05, 0.1) is 6.10 Å². The molecule has 232 valence electrons. The number of unbranched alkanes of at least 4 members (excludes halogenated alkanes) is 11. The summed E-state index contributed by atoms with van der Waals surface area (Å²) in [6.45, 7) is 6.81. The summed E-state index contributed by atoms with van der Waals surface area (Å²) in [5.41, 5.74) is 1.11. The van der Waals surface area contributed by atoms with E-state index in [1.807, 2.05) is 0 Å². The molecule has 7 atom stereocenters. The van der Waals surface area contributed by atoms with Crippen LogP contribution in [0.25, 0.3) is 0 Å². The highest BCUT2D eigenvalue weighted by atomic mass is 16.5. The standard InChI is InChI=1S/C37H60O4/c1-4-5-6-7-8-9-10-11-12-13-14-15-16-17-18-19-34(40)41-29-22-24-36(2)28(26-29)27-32(38)35-30-20-21-33(39)37(30,3)25-23-31(35)36/h14-15,27,29-32,35,38H,4-13,16-26H2,1-3H3/b15-14+/t29-,30?,31?,32+,35?,36-,37-/m0/s1. The number of aliphatic hydroxyl groups is 1. The van der Waals surface area contributed by atoms with Crippen molar-refractivity contribution < 1.29 is 19.4 Å². The minimum Gasteiger partial charge on any atom is -0.462 e. The van der Waals surface area contributed by atoms with E-state index in [0.29, 0.717) is 30.5 Å². The molecule has 1 N–H and O–H groups in total. The molecule has 0 heterocycles. The predicted molar refractivity (Wildman–Crippen MR) is 167 cm³/mol. The maximum Gasteiger partial charge on any atom is 0.306 e. The number of ketones is 1. The van der Waals surface area contributed by atoms with Gasteiger partial charge in [0.2, 0.25) is 0 Å². The van der Waals surface area contributed by atoms with Crippen LogP contribution in [-0.2, 0) is 14.3 Å². The molecule has 0 radical (unpaired) electrons. The summed E-state index contributed by atoms with van der Waals surface area (Å²) in [5, 5.41) is 11.3. The first kappa shape index (κ1) is 32.5. The second-order valence-electron chi connectivity index (χ2n) is 14.5. The summed E-state index contributed by atoms with van der Waals surface area (Å²) in [6, 6.07) is 0. The lowest BCUT2D eigenvalue weighted by molar-refractivity contribution is -0.152. The van der Waals surface area contributed by atoms with Crippen LogP contribution >= 0.6 is 0 Å². The molecule has 0 saturated heterocycles. The van der Waals surface area contributed by atoms with E-state index in [2.05, 4.69) is 39.0 Å². The molecule has 0 aromatic rings. The molecule has 0 aliphatic heterocycles. The monoisotopic (exact) mass is 568 g/mol. The van der Waals surface area contributed by atoms with Gasteiger partial charge in [-0.2, -0.15) is 0 Å².